The number of hydrogen-bond acceptors (Lipinski definition) is 6. The molecule has 0 saturated carbocycles. The first-order chi connectivity index (χ1) is 16.6. The molecule has 2 aromatic heterocycles. The molecule has 2 fully saturated rings. The molecule has 0 radical (unpaired) electrons. The van der Waals surface area contributed by atoms with Crippen LogP contribution in [-0.4, -0.2) is 59.2 Å². The third kappa shape index (κ3) is 4.69. The van der Waals surface area contributed by atoms with Gasteiger partial charge in [0.25, 0.3) is 5.91 Å². The van der Waals surface area contributed by atoms with Crippen LogP contribution in [0.2, 0.25) is 5.02 Å². The molecule has 35 heavy (non-hydrogen) atoms. The lowest BCUT2D eigenvalue weighted by atomic mass is 9.98. The summed E-state index contributed by atoms with van der Waals surface area (Å²) < 4.78 is 28.0. The normalized spacial score (nSPS) is 20.7. The van der Waals surface area contributed by atoms with Crippen molar-refractivity contribution in [2.45, 2.75) is 51.6 Å². The van der Waals surface area contributed by atoms with Crippen molar-refractivity contribution >= 4 is 44.7 Å². The smallest absolute Gasteiger partial charge is 0.256 e. The summed E-state index contributed by atoms with van der Waals surface area (Å²) in [5.41, 5.74) is 3.03. The van der Waals surface area contributed by atoms with E-state index in [1.54, 1.807) is 15.5 Å². The number of aromatic nitrogens is 3. The Balaban J connectivity index is 1.50. The predicted octanol–water partition coefficient (Wildman–Crippen LogP) is 4.03. The second-order valence-corrected chi connectivity index (χ2v) is 11.7. The number of benzene rings is 1. The summed E-state index contributed by atoms with van der Waals surface area (Å²) in [5.74, 6) is 0.703. The van der Waals surface area contributed by atoms with Gasteiger partial charge in [0, 0.05) is 42.0 Å². The van der Waals surface area contributed by atoms with Crippen LogP contribution >= 0.6 is 11.6 Å². The van der Waals surface area contributed by atoms with Crippen molar-refractivity contribution in [3.05, 3.63) is 52.3 Å². The molecule has 2 unspecified atom stereocenters. The van der Waals surface area contributed by atoms with Gasteiger partial charge in [-0.05, 0) is 57.7 Å². The highest BCUT2D eigenvalue weighted by Crippen LogP contribution is 2.35. The number of nitrogens with zero attached hydrogens (tertiary/aromatic N) is 5. The number of aryl methyl sites for hydroxylation is 1. The predicted molar refractivity (Wildman–Crippen MR) is 137 cm³/mol. The van der Waals surface area contributed by atoms with Crippen LogP contribution in [-0.2, 0) is 10.0 Å². The molecule has 1 N–H and O–H groups in total. The van der Waals surface area contributed by atoms with Gasteiger partial charge in [0.05, 0.1) is 29.2 Å². The Morgan fingerprint density at radius 3 is 2.66 bits per heavy atom. The SMILES string of the molecule is Cc1cn2nc(C3CCCCN3C(=O)c3cc(Cl)ccc3NS(C)(=O)=O)cc2nc1N1CCC1C. The number of hydrogen-bond donors (Lipinski definition) is 1. The van der Waals surface area contributed by atoms with E-state index in [-0.39, 0.29) is 23.2 Å². The number of nitrogens with one attached hydrogen (secondary N) is 1. The van der Waals surface area contributed by atoms with Gasteiger partial charge >= 0.3 is 0 Å². The minimum Gasteiger partial charge on any atom is -0.353 e. The number of halogens is 1. The maximum absolute atomic E-state index is 13.7. The molecule has 0 bridgehead atoms. The first kappa shape index (κ1) is 23.9. The fourth-order valence-corrected chi connectivity index (χ4v) is 5.67. The van der Waals surface area contributed by atoms with E-state index in [4.69, 9.17) is 21.7 Å². The van der Waals surface area contributed by atoms with E-state index in [0.717, 1.165) is 61.2 Å². The van der Waals surface area contributed by atoms with Crippen molar-refractivity contribution in [3.63, 3.8) is 0 Å². The fraction of sp³-hybridized carbons (Fsp3) is 0.458. The molecular weight excluding hydrogens is 488 g/mol. The van der Waals surface area contributed by atoms with Crippen LogP contribution in [0.15, 0.2) is 30.5 Å². The topological polar surface area (TPSA) is 99.9 Å². The lowest BCUT2D eigenvalue weighted by Gasteiger charge is -2.40. The Morgan fingerprint density at radius 2 is 1.97 bits per heavy atom. The molecule has 1 amide bonds. The van der Waals surface area contributed by atoms with Crippen molar-refractivity contribution < 1.29 is 13.2 Å². The molecule has 2 atom stereocenters. The summed E-state index contributed by atoms with van der Waals surface area (Å²) in [5, 5.41) is 5.15. The van der Waals surface area contributed by atoms with Gasteiger partial charge in [-0.2, -0.15) is 5.10 Å². The maximum atomic E-state index is 13.7. The van der Waals surface area contributed by atoms with Gasteiger partial charge in [-0.15, -0.1) is 0 Å². The third-order valence-corrected chi connectivity index (χ3v) is 7.65. The highest BCUT2D eigenvalue weighted by molar-refractivity contribution is 7.92. The number of carbonyl (C=O) groups excluding carboxylic acids is 1. The Hall–Kier alpha value is -2.85. The zero-order valence-corrected chi connectivity index (χ0v) is 21.6. The van der Waals surface area contributed by atoms with Crippen LogP contribution in [0.4, 0.5) is 11.5 Å². The van der Waals surface area contributed by atoms with Crippen molar-refractivity contribution in [2.24, 2.45) is 0 Å². The van der Waals surface area contributed by atoms with Crippen molar-refractivity contribution in [1.82, 2.24) is 19.5 Å². The van der Waals surface area contributed by atoms with Crippen molar-refractivity contribution in [2.75, 3.05) is 29.0 Å². The molecule has 2 aliphatic rings. The second kappa shape index (κ2) is 8.98. The molecule has 186 valence electrons. The first-order valence-electron chi connectivity index (χ1n) is 11.8. The monoisotopic (exact) mass is 516 g/mol. The van der Waals surface area contributed by atoms with Gasteiger partial charge < -0.3 is 9.80 Å². The lowest BCUT2D eigenvalue weighted by Crippen LogP contribution is -2.46. The van der Waals surface area contributed by atoms with Gasteiger partial charge in [-0.25, -0.2) is 17.9 Å². The number of amides is 1. The average molecular weight is 517 g/mol. The van der Waals surface area contributed by atoms with Crippen molar-refractivity contribution in [3.8, 4) is 0 Å². The molecule has 9 nitrogen and oxygen atoms in total. The van der Waals surface area contributed by atoms with Gasteiger partial charge in [0.15, 0.2) is 5.65 Å². The zero-order valence-electron chi connectivity index (χ0n) is 20.0. The highest BCUT2D eigenvalue weighted by Gasteiger charge is 2.33. The van der Waals surface area contributed by atoms with Gasteiger partial charge in [0.2, 0.25) is 10.0 Å². The first-order valence-corrected chi connectivity index (χ1v) is 14.1. The number of sulfonamides is 1. The van der Waals surface area contributed by atoms with E-state index in [2.05, 4.69) is 16.5 Å². The average Bonchev–Trinajstić information content (AvgIpc) is 3.20. The van der Waals surface area contributed by atoms with Gasteiger partial charge in [-0.3, -0.25) is 9.52 Å². The summed E-state index contributed by atoms with van der Waals surface area (Å²) in [4.78, 5) is 22.7. The second-order valence-electron chi connectivity index (χ2n) is 9.52. The standard InChI is InChI=1S/C24H29ClN6O3S/c1-15-14-31-22(26-23(15)29-11-9-16(29)2)13-20(27-31)21-6-4-5-10-30(21)24(32)18-12-17(25)7-8-19(18)28-35(3,33)34/h7-8,12-14,16,21,28H,4-6,9-11H2,1-3H3. The number of piperidine rings is 1. The maximum Gasteiger partial charge on any atom is 0.256 e. The quantitative estimate of drug-likeness (QED) is 0.549. The number of rotatable bonds is 5. The van der Waals surface area contributed by atoms with E-state index in [1.165, 1.54) is 12.1 Å². The molecule has 11 heteroatoms. The largest absolute Gasteiger partial charge is 0.353 e. The minimum atomic E-state index is -3.57. The molecule has 0 aliphatic carbocycles. The zero-order chi connectivity index (χ0) is 24.9. The third-order valence-electron chi connectivity index (χ3n) is 6.83. The van der Waals surface area contributed by atoms with Gasteiger partial charge in [-0.1, -0.05) is 11.6 Å². The van der Waals surface area contributed by atoms with E-state index in [1.807, 2.05) is 19.2 Å². The number of fused-ring (bicyclic) bond motifs is 1. The van der Waals surface area contributed by atoms with Crippen LogP contribution in [0, 0.1) is 6.92 Å². The Kier molecular flexibility index (Phi) is 6.13. The van der Waals surface area contributed by atoms with E-state index >= 15 is 0 Å². The molecule has 0 spiro atoms. The van der Waals surface area contributed by atoms with E-state index < -0.39 is 10.0 Å². The number of anilines is 2. The molecule has 1 aromatic carbocycles. The Morgan fingerprint density at radius 1 is 1.17 bits per heavy atom. The van der Waals surface area contributed by atoms with E-state index in [9.17, 15) is 13.2 Å². The van der Waals surface area contributed by atoms with E-state index in [0.29, 0.717) is 17.6 Å². The summed E-state index contributed by atoms with van der Waals surface area (Å²) in [6.07, 6.45) is 6.80. The summed E-state index contributed by atoms with van der Waals surface area (Å²) in [7, 11) is -3.57. The Bertz CT molecular complexity index is 1410. The summed E-state index contributed by atoms with van der Waals surface area (Å²) >= 11 is 6.18. The molecular formula is C24H29ClN6O3S. The number of carbonyl (C=O) groups is 1. The van der Waals surface area contributed by atoms with Crippen molar-refractivity contribution in [1.29, 1.82) is 0 Å². The molecule has 2 saturated heterocycles. The van der Waals surface area contributed by atoms with Gasteiger partial charge in [0.1, 0.15) is 5.82 Å². The van der Waals surface area contributed by atoms with Crippen LogP contribution in [0.3, 0.4) is 0 Å². The minimum absolute atomic E-state index is 0.215. The number of likely N-dealkylation sites (tertiary alicyclic amines) is 1. The fourth-order valence-electron chi connectivity index (χ4n) is 4.92. The molecule has 4 heterocycles. The summed E-state index contributed by atoms with van der Waals surface area (Å²) in [6.45, 7) is 5.79. The van der Waals surface area contributed by atoms with Crippen LogP contribution in [0.1, 0.15) is 60.3 Å². The van der Waals surface area contributed by atoms with Crippen LogP contribution in [0.5, 0.6) is 0 Å². The van der Waals surface area contributed by atoms with Crippen LogP contribution < -0.4 is 9.62 Å². The molecule has 3 aromatic rings. The lowest BCUT2D eigenvalue weighted by molar-refractivity contribution is 0.0607. The highest BCUT2D eigenvalue weighted by atomic mass is 35.5. The van der Waals surface area contributed by atoms with Crippen LogP contribution in [0.25, 0.3) is 5.65 Å². The summed E-state index contributed by atoms with van der Waals surface area (Å²) in [6, 6.07) is 6.78. The Labute approximate surface area is 210 Å². The molecule has 5 rings (SSSR count). The molecule has 2 aliphatic heterocycles.